The summed E-state index contributed by atoms with van der Waals surface area (Å²) in [7, 11) is 1.43. The van der Waals surface area contributed by atoms with Crippen LogP contribution in [0.2, 0.25) is 0 Å². The van der Waals surface area contributed by atoms with Crippen LogP contribution in [0.15, 0.2) is 18.2 Å². The first-order chi connectivity index (χ1) is 7.17. The normalized spacial score (nSPS) is 9.07. The number of amides is 1. The van der Waals surface area contributed by atoms with Crippen LogP contribution in [0.25, 0.3) is 0 Å². The van der Waals surface area contributed by atoms with Crippen molar-refractivity contribution in [1.29, 1.82) is 5.26 Å². The average molecular weight is 206 g/mol. The second kappa shape index (κ2) is 4.86. The SMILES string of the molecule is COc1ccc(NC(=O)CC#N)cc1O. The number of carbonyl (C=O) groups is 1. The van der Waals surface area contributed by atoms with Crippen molar-refractivity contribution >= 4 is 11.6 Å². The van der Waals surface area contributed by atoms with Crippen LogP contribution in [0.3, 0.4) is 0 Å². The molecule has 0 heterocycles. The number of nitrogens with one attached hydrogen (secondary N) is 1. The van der Waals surface area contributed by atoms with Gasteiger partial charge in [0.05, 0.1) is 13.2 Å². The summed E-state index contributed by atoms with van der Waals surface area (Å²) in [6.45, 7) is 0. The highest BCUT2D eigenvalue weighted by atomic mass is 16.5. The van der Waals surface area contributed by atoms with Crippen molar-refractivity contribution in [2.45, 2.75) is 6.42 Å². The number of phenols is 1. The molecule has 1 aromatic rings. The van der Waals surface area contributed by atoms with Gasteiger partial charge < -0.3 is 15.2 Å². The molecule has 0 bridgehead atoms. The van der Waals surface area contributed by atoms with Gasteiger partial charge in [0.1, 0.15) is 6.42 Å². The Labute approximate surface area is 86.9 Å². The summed E-state index contributed by atoms with van der Waals surface area (Å²) in [6.07, 6.45) is -0.215. The van der Waals surface area contributed by atoms with E-state index in [1.165, 1.54) is 19.2 Å². The standard InChI is InChI=1S/C10H10N2O3/c1-15-9-3-2-7(6-8(9)13)12-10(14)4-5-11/h2-3,6,13H,4H2,1H3,(H,12,14). The number of phenolic OH excluding ortho intramolecular Hbond substituents is 1. The van der Waals surface area contributed by atoms with Crippen molar-refractivity contribution in [1.82, 2.24) is 0 Å². The zero-order valence-corrected chi connectivity index (χ0v) is 8.15. The molecule has 15 heavy (non-hydrogen) atoms. The van der Waals surface area contributed by atoms with Gasteiger partial charge in [0.25, 0.3) is 0 Å². The summed E-state index contributed by atoms with van der Waals surface area (Å²) < 4.78 is 4.84. The number of methoxy groups -OCH3 is 1. The van der Waals surface area contributed by atoms with Gasteiger partial charge in [-0.2, -0.15) is 5.26 Å². The molecule has 5 nitrogen and oxygen atoms in total. The highest BCUT2D eigenvalue weighted by molar-refractivity contribution is 5.92. The Hall–Kier alpha value is -2.22. The quantitative estimate of drug-likeness (QED) is 0.779. The molecule has 1 rings (SSSR count). The van der Waals surface area contributed by atoms with Gasteiger partial charge in [-0.05, 0) is 12.1 Å². The van der Waals surface area contributed by atoms with Gasteiger partial charge >= 0.3 is 0 Å². The predicted molar refractivity (Wildman–Crippen MR) is 53.5 cm³/mol. The Morgan fingerprint density at radius 1 is 1.67 bits per heavy atom. The fourth-order valence-electron chi connectivity index (χ4n) is 1.04. The third kappa shape index (κ3) is 2.88. The molecule has 0 aliphatic heterocycles. The van der Waals surface area contributed by atoms with Crippen molar-refractivity contribution in [3.8, 4) is 17.6 Å². The minimum absolute atomic E-state index is 0.0627. The third-order valence-corrected chi connectivity index (χ3v) is 1.70. The fourth-order valence-corrected chi connectivity index (χ4v) is 1.04. The van der Waals surface area contributed by atoms with Crippen LogP contribution in [-0.2, 0) is 4.79 Å². The largest absolute Gasteiger partial charge is 0.504 e. The Morgan fingerprint density at radius 3 is 2.93 bits per heavy atom. The number of rotatable bonds is 3. The van der Waals surface area contributed by atoms with Gasteiger partial charge in [-0.3, -0.25) is 4.79 Å². The highest BCUT2D eigenvalue weighted by Gasteiger charge is 2.05. The van der Waals surface area contributed by atoms with Gasteiger partial charge in [-0.15, -0.1) is 0 Å². The number of nitrogens with zero attached hydrogens (tertiary/aromatic N) is 1. The smallest absolute Gasteiger partial charge is 0.238 e. The van der Waals surface area contributed by atoms with Gasteiger partial charge in [-0.1, -0.05) is 0 Å². The minimum Gasteiger partial charge on any atom is -0.504 e. The molecule has 0 fully saturated rings. The molecular weight excluding hydrogens is 196 g/mol. The van der Waals surface area contributed by atoms with Crippen molar-refractivity contribution in [3.63, 3.8) is 0 Å². The van der Waals surface area contributed by atoms with Crippen LogP contribution < -0.4 is 10.1 Å². The lowest BCUT2D eigenvalue weighted by molar-refractivity contribution is -0.115. The number of nitriles is 1. The molecule has 78 valence electrons. The zero-order valence-electron chi connectivity index (χ0n) is 8.15. The summed E-state index contributed by atoms with van der Waals surface area (Å²) in [4.78, 5) is 11.0. The maximum absolute atomic E-state index is 11.0. The number of hydrogen-bond donors (Lipinski definition) is 2. The van der Waals surface area contributed by atoms with Crippen LogP contribution in [0.1, 0.15) is 6.42 Å². The molecule has 0 radical (unpaired) electrons. The molecule has 0 unspecified atom stereocenters. The van der Waals surface area contributed by atoms with Crippen molar-refractivity contribution in [3.05, 3.63) is 18.2 Å². The molecule has 5 heteroatoms. The molecular formula is C10H10N2O3. The summed E-state index contributed by atoms with van der Waals surface area (Å²) in [5, 5.41) is 20.1. The lowest BCUT2D eigenvalue weighted by Gasteiger charge is -2.06. The molecule has 0 aliphatic rings. The summed E-state index contributed by atoms with van der Waals surface area (Å²) in [5.41, 5.74) is 0.425. The molecule has 0 aliphatic carbocycles. The number of aromatic hydroxyl groups is 1. The number of hydrogen-bond acceptors (Lipinski definition) is 4. The molecule has 0 saturated heterocycles. The highest BCUT2D eigenvalue weighted by Crippen LogP contribution is 2.28. The van der Waals surface area contributed by atoms with E-state index in [2.05, 4.69) is 5.32 Å². The summed E-state index contributed by atoms with van der Waals surface area (Å²) in [5.74, 6) is -0.150. The van der Waals surface area contributed by atoms with E-state index in [9.17, 15) is 9.90 Å². The van der Waals surface area contributed by atoms with Gasteiger partial charge in [0, 0.05) is 11.8 Å². The summed E-state index contributed by atoms with van der Waals surface area (Å²) >= 11 is 0. The number of anilines is 1. The molecule has 0 saturated carbocycles. The van der Waals surface area contributed by atoms with Crippen LogP contribution in [0.5, 0.6) is 11.5 Å². The first-order valence-corrected chi connectivity index (χ1v) is 4.21. The second-order valence-corrected chi connectivity index (χ2v) is 2.77. The first-order valence-electron chi connectivity index (χ1n) is 4.21. The lowest BCUT2D eigenvalue weighted by atomic mass is 10.2. The maximum atomic E-state index is 11.0. The minimum atomic E-state index is -0.415. The third-order valence-electron chi connectivity index (χ3n) is 1.70. The number of ether oxygens (including phenoxy) is 1. The molecule has 0 aromatic heterocycles. The van der Waals surface area contributed by atoms with E-state index in [-0.39, 0.29) is 12.2 Å². The van der Waals surface area contributed by atoms with E-state index in [1.807, 2.05) is 0 Å². The van der Waals surface area contributed by atoms with E-state index in [0.717, 1.165) is 0 Å². The Kier molecular flexibility index (Phi) is 3.52. The predicted octanol–water partition coefficient (Wildman–Crippen LogP) is 1.25. The Morgan fingerprint density at radius 2 is 2.40 bits per heavy atom. The van der Waals surface area contributed by atoms with E-state index in [4.69, 9.17) is 10.00 Å². The number of benzene rings is 1. The van der Waals surface area contributed by atoms with Crippen molar-refractivity contribution < 1.29 is 14.6 Å². The number of carbonyl (C=O) groups excluding carboxylic acids is 1. The van der Waals surface area contributed by atoms with Crippen LogP contribution >= 0.6 is 0 Å². The fraction of sp³-hybridized carbons (Fsp3) is 0.200. The summed E-state index contributed by atoms with van der Waals surface area (Å²) in [6, 6.07) is 6.18. The molecule has 1 amide bonds. The van der Waals surface area contributed by atoms with Gasteiger partial charge in [0.2, 0.25) is 5.91 Å². The average Bonchev–Trinajstić information content (AvgIpc) is 2.18. The van der Waals surface area contributed by atoms with E-state index < -0.39 is 5.91 Å². The molecule has 2 N–H and O–H groups in total. The van der Waals surface area contributed by atoms with E-state index in [0.29, 0.717) is 11.4 Å². The first kappa shape index (κ1) is 10.9. The van der Waals surface area contributed by atoms with Gasteiger partial charge in [0.15, 0.2) is 11.5 Å². The zero-order chi connectivity index (χ0) is 11.3. The molecule has 0 atom stereocenters. The molecule has 0 spiro atoms. The maximum Gasteiger partial charge on any atom is 0.238 e. The molecule has 1 aromatic carbocycles. The van der Waals surface area contributed by atoms with Crippen LogP contribution in [-0.4, -0.2) is 18.1 Å². The van der Waals surface area contributed by atoms with E-state index >= 15 is 0 Å². The lowest BCUT2D eigenvalue weighted by Crippen LogP contribution is -2.09. The Bertz CT molecular complexity index is 410. The monoisotopic (exact) mass is 206 g/mol. The van der Waals surface area contributed by atoms with Crippen LogP contribution in [0, 0.1) is 11.3 Å². The van der Waals surface area contributed by atoms with Crippen molar-refractivity contribution in [2.75, 3.05) is 12.4 Å². The topological polar surface area (TPSA) is 82.3 Å². The van der Waals surface area contributed by atoms with Gasteiger partial charge in [-0.25, -0.2) is 0 Å². The van der Waals surface area contributed by atoms with Crippen molar-refractivity contribution in [2.24, 2.45) is 0 Å². The van der Waals surface area contributed by atoms with Crippen LogP contribution in [0.4, 0.5) is 5.69 Å². The van der Waals surface area contributed by atoms with E-state index in [1.54, 1.807) is 12.1 Å². The Balaban J connectivity index is 2.76. The second-order valence-electron chi connectivity index (χ2n) is 2.77.